The predicted octanol–water partition coefficient (Wildman–Crippen LogP) is 2.67. The Hall–Kier alpha value is -3.68. The van der Waals surface area contributed by atoms with Crippen molar-refractivity contribution in [3.05, 3.63) is 69.4 Å². The van der Waals surface area contributed by atoms with Crippen LogP contribution in [0.1, 0.15) is 11.1 Å². The first kappa shape index (κ1) is 14.9. The van der Waals surface area contributed by atoms with Crippen molar-refractivity contribution in [2.24, 2.45) is 4.99 Å². The van der Waals surface area contributed by atoms with Gasteiger partial charge in [-0.1, -0.05) is 18.2 Å². The summed E-state index contributed by atoms with van der Waals surface area (Å²) in [5.74, 6) is 0.137. The van der Waals surface area contributed by atoms with E-state index in [1.165, 1.54) is 18.2 Å². The molecule has 0 radical (unpaired) electrons. The lowest BCUT2D eigenvalue weighted by atomic mass is 10.1. The molecule has 8 nitrogen and oxygen atoms in total. The number of benzene rings is 2. The van der Waals surface area contributed by atoms with Gasteiger partial charge in [-0.3, -0.25) is 10.1 Å². The number of carbonyl (C=O) groups is 1. The highest BCUT2D eigenvalue weighted by Gasteiger charge is 2.27. The maximum absolute atomic E-state index is 12.0. The van der Waals surface area contributed by atoms with Gasteiger partial charge in [-0.15, -0.1) is 0 Å². The molecule has 2 aromatic rings. The van der Waals surface area contributed by atoms with Crippen molar-refractivity contribution >= 4 is 23.6 Å². The topological polar surface area (TPSA) is 100 Å². The molecule has 0 aliphatic carbocycles. The fourth-order valence-electron chi connectivity index (χ4n) is 2.48. The maximum atomic E-state index is 12.0. The first-order valence-corrected chi connectivity index (χ1v) is 7.28. The van der Waals surface area contributed by atoms with Crippen LogP contribution in [0.25, 0.3) is 6.08 Å². The standard InChI is InChI=1S/C17H10N2O6/c20-17-12(18-16(25-17)10-4-2-1-3-5-10)6-11-7-14-15(24-9-23-14)8-13(11)19(21)22/h1-8H,9H2. The maximum Gasteiger partial charge on any atom is 0.363 e. The number of nitro benzene ring substituents is 1. The zero-order valence-corrected chi connectivity index (χ0v) is 12.7. The van der Waals surface area contributed by atoms with Gasteiger partial charge < -0.3 is 14.2 Å². The SMILES string of the molecule is O=C1OC(c2ccccc2)=NC1=Cc1cc2c(cc1[N+](=O)[O-])OCO2. The highest BCUT2D eigenvalue weighted by Crippen LogP contribution is 2.39. The van der Waals surface area contributed by atoms with E-state index in [2.05, 4.69) is 4.99 Å². The highest BCUT2D eigenvalue weighted by atomic mass is 16.7. The summed E-state index contributed by atoms with van der Waals surface area (Å²) in [7, 11) is 0. The minimum absolute atomic E-state index is 0.00907. The fraction of sp³-hybridized carbons (Fsp3) is 0.0588. The second kappa shape index (κ2) is 5.75. The molecule has 0 unspecified atom stereocenters. The molecule has 2 aliphatic heterocycles. The van der Waals surface area contributed by atoms with Gasteiger partial charge in [0, 0.05) is 5.56 Å². The summed E-state index contributed by atoms with van der Waals surface area (Å²) in [6, 6.07) is 11.6. The normalized spacial score (nSPS) is 16.7. The molecule has 0 atom stereocenters. The van der Waals surface area contributed by atoms with Crippen LogP contribution in [-0.4, -0.2) is 23.6 Å². The third-order valence-electron chi connectivity index (χ3n) is 3.65. The lowest BCUT2D eigenvalue weighted by Crippen LogP contribution is -2.05. The number of hydrogen-bond acceptors (Lipinski definition) is 7. The van der Waals surface area contributed by atoms with Crippen molar-refractivity contribution < 1.29 is 23.9 Å². The molecule has 0 saturated carbocycles. The smallest absolute Gasteiger partial charge is 0.363 e. The molecule has 25 heavy (non-hydrogen) atoms. The highest BCUT2D eigenvalue weighted by molar-refractivity contribution is 6.13. The number of nitrogens with zero attached hydrogens (tertiary/aromatic N) is 2. The quantitative estimate of drug-likeness (QED) is 0.369. The van der Waals surface area contributed by atoms with Gasteiger partial charge in [0.25, 0.3) is 5.69 Å². The molecule has 2 aliphatic rings. The van der Waals surface area contributed by atoms with E-state index >= 15 is 0 Å². The number of rotatable bonds is 3. The second-order valence-electron chi connectivity index (χ2n) is 5.22. The fourth-order valence-corrected chi connectivity index (χ4v) is 2.48. The van der Waals surface area contributed by atoms with Crippen molar-refractivity contribution in [1.29, 1.82) is 0 Å². The Morgan fingerprint density at radius 3 is 2.56 bits per heavy atom. The first-order chi connectivity index (χ1) is 12.1. The minimum Gasteiger partial charge on any atom is -0.454 e. The number of cyclic esters (lactones) is 1. The van der Waals surface area contributed by atoms with Gasteiger partial charge >= 0.3 is 5.97 Å². The van der Waals surface area contributed by atoms with Gasteiger partial charge in [0.2, 0.25) is 12.7 Å². The van der Waals surface area contributed by atoms with Crippen molar-refractivity contribution in [2.45, 2.75) is 0 Å². The van der Waals surface area contributed by atoms with Gasteiger partial charge in [0.1, 0.15) is 0 Å². The van der Waals surface area contributed by atoms with E-state index in [9.17, 15) is 14.9 Å². The summed E-state index contributed by atoms with van der Waals surface area (Å²) < 4.78 is 15.5. The van der Waals surface area contributed by atoms with E-state index in [1.807, 2.05) is 6.07 Å². The van der Waals surface area contributed by atoms with E-state index in [4.69, 9.17) is 14.2 Å². The lowest BCUT2D eigenvalue weighted by Gasteiger charge is -2.01. The third-order valence-corrected chi connectivity index (χ3v) is 3.65. The Kier molecular flexibility index (Phi) is 3.42. The number of carbonyl (C=O) groups excluding carboxylic acids is 1. The van der Waals surface area contributed by atoms with Crippen LogP contribution in [0.15, 0.2) is 53.2 Å². The van der Waals surface area contributed by atoms with Gasteiger partial charge in [0.15, 0.2) is 17.2 Å². The van der Waals surface area contributed by atoms with Crippen LogP contribution in [-0.2, 0) is 9.53 Å². The largest absolute Gasteiger partial charge is 0.454 e. The molecule has 0 spiro atoms. The molecular formula is C17H10N2O6. The molecule has 2 aromatic carbocycles. The molecular weight excluding hydrogens is 328 g/mol. The van der Waals surface area contributed by atoms with Crippen LogP contribution in [0.2, 0.25) is 0 Å². The van der Waals surface area contributed by atoms with Crippen molar-refractivity contribution in [1.82, 2.24) is 0 Å². The van der Waals surface area contributed by atoms with E-state index in [1.54, 1.807) is 24.3 Å². The Balaban J connectivity index is 1.77. The zero-order chi connectivity index (χ0) is 17.4. The second-order valence-corrected chi connectivity index (χ2v) is 5.22. The van der Waals surface area contributed by atoms with E-state index in [0.717, 1.165) is 0 Å². The number of fused-ring (bicyclic) bond motifs is 1. The van der Waals surface area contributed by atoms with Gasteiger partial charge in [0.05, 0.1) is 16.6 Å². The Morgan fingerprint density at radius 2 is 1.84 bits per heavy atom. The zero-order valence-electron chi connectivity index (χ0n) is 12.7. The number of ether oxygens (including phenoxy) is 3. The Bertz CT molecular complexity index is 949. The molecule has 0 saturated heterocycles. The summed E-state index contributed by atoms with van der Waals surface area (Å²) in [5, 5.41) is 11.3. The molecule has 0 amide bonds. The lowest BCUT2D eigenvalue weighted by molar-refractivity contribution is -0.385. The van der Waals surface area contributed by atoms with Crippen molar-refractivity contribution in [2.75, 3.05) is 6.79 Å². The molecule has 0 bridgehead atoms. The van der Waals surface area contributed by atoms with Crippen LogP contribution in [0.4, 0.5) is 5.69 Å². The van der Waals surface area contributed by atoms with Crippen LogP contribution in [0.3, 0.4) is 0 Å². The molecule has 8 heteroatoms. The summed E-state index contributed by atoms with van der Waals surface area (Å²) in [5.41, 5.74) is 0.576. The molecule has 0 aromatic heterocycles. The number of nitro groups is 1. The van der Waals surface area contributed by atoms with E-state index in [-0.39, 0.29) is 35.4 Å². The van der Waals surface area contributed by atoms with Crippen molar-refractivity contribution in [3.63, 3.8) is 0 Å². The van der Waals surface area contributed by atoms with Crippen LogP contribution >= 0.6 is 0 Å². The number of aliphatic imine (C=N–C) groups is 1. The first-order valence-electron chi connectivity index (χ1n) is 7.28. The summed E-state index contributed by atoms with van der Waals surface area (Å²) in [6.45, 7) is -0.00907. The summed E-state index contributed by atoms with van der Waals surface area (Å²) >= 11 is 0. The monoisotopic (exact) mass is 338 g/mol. The Labute approximate surface area is 141 Å². The Morgan fingerprint density at radius 1 is 1.12 bits per heavy atom. The van der Waals surface area contributed by atoms with Gasteiger partial charge in [-0.25, -0.2) is 9.79 Å². The summed E-state index contributed by atoms with van der Waals surface area (Å²) in [6.07, 6.45) is 1.30. The van der Waals surface area contributed by atoms with Crippen LogP contribution < -0.4 is 9.47 Å². The molecule has 0 N–H and O–H groups in total. The van der Waals surface area contributed by atoms with E-state index in [0.29, 0.717) is 11.3 Å². The average molecular weight is 338 g/mol. The molecule has 2 heterocycles. The minimum atomic E-state index is -0.675. The average Bonchev–Trinajstić information content (AvgIpc) is 3.21. The number of hydrogen-bond donors (Lipinski definition) is 0. The molecule has 4 rings (SSSR count). The van der Waals surface area contributed by atoms with Crippen LogP contribution in [0.5, 0.6) is 11.5 Å². The van der Waals surface area contributed by atoms with Crippen LogP contribution in [0, 0.1) is 10.1 Å². The number of esters is 1. The third kappa shape index (κ3) is 2.69. The van der Waals surface area contributed by atoms with E-state index < -0.39 is 10.9 Å². The molecule has 124 valence electrons. The summed E-state index contributed by atoms with van der Waals surface area (Å²) in [4.78, 5) is 26.9. The molecule has 0 fully saturated rings. The van der Waals surface area contributed by atoms with Gasteiger partial charge in [-0.2, -0.15) is 0 Å². The van der Waals surface area contributed by atoms with Crippen molar-refractivity contribution in [3.8, 4) is 11.5 Å². The predicted molar refractivity (Wildman–Crippen MR) is 86.3 cm³/mol. The van der Waals surface area contributed by atoms with Gasteiger partial charge in [-0.05, 0) is 24.3 Å².